The highest BCUT2D eigenvalue weighted by Crippen LogP contribution is 2.14. The van der Waals surface area contributed by atoms with Crippen molar-refractivity contribution in [2.45, 2.75) is 72.4 Å². The average molecular weight is 272 g/mol. The van der Waals surface area contributed by atoms with Crippen LogP contribution in [0.2, 0.25) is 0 Å². The van der Waals surface area contributed by atoms with E-state index in [1.54, 1.807) is 0 Å². The van der Waals surface area contributed by atoms with Crippen LogP contribution in [0.25, 0.3) is 0 Å². The number of rotatable bonds is 11. The number of hydrogen-bond donors (Lipinski definition) is 2. The number of nitrogens with one attached hydrogen (secondary N) is 1. The Bertz CT molecular complexity index is 219. The molecule has 0 rings (SSSR count). The largest absolute Gasteiger partial charge is 0.394 e. The van der Waals surface area contributed by atoms with Crippen LogP contribution in [0.4, 0.5) is 0 Å². The van der Waals surface area contributed by atoms with Gasteiger partial charge in [0.05, 0.1) is 6.61 Å². The second kappa shape index (κ2) is 9.73. The quantitative estimate of drug-likeness (QED) is 0.607. The highest BCUT2D eigenvalue weighted by molar-refractivity contribution is 4.82. The van der Waals surface area contributed by atoms with Crippen LogP contribution < -0.4 is 5.32 Å². The van der Waals surface area contributed by atoms with Crippen molar-refractivity contribution in [2.75, 3.05) is 26.2 Å². The third-order valence-electron chi connectivity index (χ3n) is 3.65. The Morgan fingerprint density at radius 2 is 1.84 bits per heavy atom. The third kappa shape index (κ3) is 8.61. The summed E-state index contributed by atoms with van der Waals surface area (Å²) >= 11 is 0. The maximum absolute atomic E-state index is 9.56. The maximum atomic E-state index is 9.56. The lowest BCUT2D eigenvalue weighted by Gasteiger charge is -2.32. The fourth-order valence-corrected chi connectivity index (χ4v) is 2.35. The molecule has 0 fully saturated rings. The summed E-state index contributed by atoms with van der Waals surface area (Å²) < 4.78 is 0. The summed E-state index contributed by atoms with van der Waals surface area (Å²) in [6.07, 6.45) is 3.28. The van der Waals surface area contributed by atoms with Gasteiger partial charge in [0.2, 0.25) is 0 Å². The minimum Gasteiger partial charge on any atom is -0.394 e. The standard InChI is InChI=1S/C16H36N2O/c1-7-10-17-16(6,13-19)9-8-11-18(15(4)5)12-14(2)3/h14-15,17,19H,7-13H2,1-6H3. The first-order chi connectivity index (χ1) is 8.84. The van der Waals surface area contributed by atoms with Crippen LogP contribution in [0.3, 0.4) is 0 Å². The normalized spacial score (nSPS) is 15.5. The second-order valence-corrected chi connectivity index (χ2v) is 6.73. The van der Waals surface area contributed by atoms with Crippen molar-refractivity contribution in [3.63, 3.8) is 0 Å². The van der Waals surface area contributed by atoms with Crippen LogP contribution in [0, 0.1) is 5.92 Å². The molecule has 0 aromatic carbocycles. The van der Waals surface area contributed by atoms with Crippen molar-refractivity contribution in [1.29, 1.82) is 0 Å². The van der Waals surface area contributed by atoms with Crippen molar-refractivity contribution in [3.05, 3.63) is 0 Å². The lowest BCUT2D eigenvalue weighted by Crippen LogP contribution is -2.46. The Balaban J connectivity index is 4.14. The predicted octanol–water partition coefficient (Wildman–Crippen LogP) is 2.88. The Morgan fingerprint density at radius 1 is 1.21 bits per heavy atom. The topological polar surface area (TPSA) is 35.5 Å². The molecule has 0 heterocycles. The molecule has 0 saturated carbocycles. The zero-order chi connectivity index (χ0) is 14.9. The van der Waals surface area contributed by atoms with Crippen LogP contribution in [0.15, 0.2) is 0 Å². The monoisotopic (exact) mass is 272 g/mol. The first kappa shape index (κ1) is 18.9. The van der Waals surface area contributed by atoms with Crippen molar-refractivity contribution >= 4 is 0 Å². The van der Waals surface area contributed by atoms with Gasteiger partial charge < -0.3 is 15.3 Å². The molecule has 0 bridgehead atoms. The summed E-state index contributed by atoms with van der Waals surface area (Å²) in [4.78, 5) is 2.54. The molecule has 0 aliphatic rings. The van der Waals surface area contributed by atoms with Gasteiger partial charge in [0.1, 0.15) is 0 Å². The minimum absolute atomic E-state index is 0.115. The summed E-state index contributed by atoms with van der Waals surface area (Å²) in [5.74, 6) is 0.713. The molecule has 1 atom stereocenters. The SMILES string of the molecule is CCCNC(C)(CO)CCCN(CC(C)C)C(C)C. The first-order valence-electron chi connectivity index (χ1n) is 7.94. The van der Waals surface area contributed by atoms with E-state index in [-0.39, 0.29) is 12.1 Å². The van der Waals surface area contributed by atoms with Crippen molar-refractivity contribution in [2.24, 2.45) is 5.92 Å². The Morgan fingerprint density at radius 3 is 2.26 bits per heavy atom. The van der Waals surface area contributed by atoms with E-state index in [0.29, 0.717) is 12.0 Å². The number of aliphatic hydroxyl groups excluding tert-OH is 1. The van der Waals surface area contributed by atoms with Gasteiger partial charge in [-0.1, -0.05) is 20.8 Å². The van der Waals surface area contributed by atoms with Gasteiger partial charge in [-0.25, -0.2) is 0 Å². The van der Waals surface area contributed by atoms with E-state index >= 15 is 0 Å². The molecule has 3 nitrogen and oxygen atoms in total. The molecule has 19 heavy (non-hydrogen) atoms. The molecule has 0 aromatic heterocycles. The van der Waals surface area contributed by atoms with Gasteiger partial charge in [0.25, 0.3) is 0 Å². The molecule has 0 radical (unpaired) electrons. The van der Waals surface area contributed by atoms with Gasteiger partial charge in [-0.15, -0.1) is 0 Å². The third-order valence-corrected chi connectivity index (χ3v) is 3.65. The minimum atomic E-state index is -0.115. The molecule has 1 unspecified atom stereocenters. The Kier molecular flexibility index (Phi) is 9.67. The van der Waals surface area contributed by atoms with E-state index in [4.69, 9.17) is 0 Å². The van der Waals surface area contributed by atoms with Gasteiger partial charge in [-0.2, -0.15) is 0 Å². The summed E-state index contributed by atoms with van der Waals surface area (Å²) in [7, 11) is 0. The van der Waals surface area contributed by atoms with Gasteiger partial charge in [0, 0.05) is 18.1 Å². The molecular formula is C16H36N2O. The lowest BCUT2D eigenvalue weighted by atomic mass is 9.96. The Labute approximate surface area is 120 Å². The molecule has 0 amide bonds. The van der Waals surface area contributed by atoms with E-state index in [2.05, 4.69) is 51.8 Å². The molecular weight excluding hydrogens is 236 g/mol. The van der Waals surface area contributed by atoms with E-state index in [9.17, 15) is 5.11 Å². The van der Waals surface area contributed by atoms with Crippen molar-refractivity contribution in [1.82, 2.24) is 10.2 Å². The van der Waals surface area contributed by atoms with Gasteiger partial charge in [-0.3, -0.25) is 0 Å². The van der Waals surface area contributed by atoms with Crippen molar-refractivity contribution in [3.8, 4) is 0 Å². The highest BCUT2D eigenvalue weighted by Gasteiger charge is 2.22. The molecule has 116 valence electrons. The summed E-state index contributed by atoms with van der Waals surface area (Å²) in [6, 6.07) is 0.603. The van der Waals surface area contributed by atoms with E-state index < -0.39 is 0 Å². The fraction of sp³-hybridized carbons (Fsp3) is 1.00. The van der Waals surface area contributed by atoms with Gasteiger partial charge >= 0.3 is 0 Å². The van der Waals surface area contributed by atoms with Crippen LogP contribution in [0.5, 0.6) is 0 Å². The van der Waals surface area contributed by atoms with E-state index in [0.717, 1.165) is 38.9 Å². The first-order valence-corrected chi connectivity index (χ1v) is 7.94. The molecule has 0 aliphatic carbocycles. The predicted molar refractivity (Wildman–Crippen MR) is 84.6 cm³/mol. The fourth-order valence-electron chi connectivity index (χ4n) is 2.35. The summed E-state index contributed by atoms with van der Waals surface area (Å²) in [6.45, 7) is 16.9. The van der Waals surface area contributed by atoms with E-state index in [1.165, 1.54) is 0 Å². The molecule has 0 saturated heterocycles. The molecule has 0 aliphatic heterocycles. The molecule has 0 spiro atoms. The molecule has 3 heteroatoms. The molecule has 2 N–H and O–H groups in total. The van der Waals surface area contributed by atoms with Gasteiger partial charge in [-0.05, 0) is 59.0 Å². The summed E-state index contributed by atoms with van der Waals surface area (Å²) in [5.41, 5.74) is -0.115. The highest BCUT2D eigenvalue weighted by atomic mass is 16.3. The second-order valence-electron chi connectivity index (χ2n) is 6.73. The lowest BCUT2D eigenvalue weighted by molar-refractivity contribution is 0.146. The number of aliphatic hydroxyl groups is 1. The zero-order valence-electron chi connectivity index (χ0n) is 14.0. The van der Waals surface area contributed by atoms with Crippen LogP contribution in [-0.4, -0.2) is 47.8 Å². The van der Waals surface area contributed by atoms with E-state index in [1.807, 2.05) is 0 Å². The van der Waals surface area contributed by atoms with Crippen LogP contribution >= 0.6 is 0 Å². The Hall–Kier alpha value is -0.120. The van der Waals surface area contributed by atoms with Crippen molar-refractivity contribution < 1.29 is 5.11 Å². The number of nitrogens with zero attached hydrogens (tertiary/aromatic N) is 1. The average Bonchev–Trinajstić information content (AvgIpc) is 2.34. The van der Waals surface area contributed by atoms with Gasteiger partial charge in [0.15, 0.2) is 0 Å². The summed E-state index contributed by atoms with van der Waals surface area (Å²) in [5, 5.41) is 13.0. The number of hydrogen-bond acceptors (Lipinski definition) is 3. The molecule has 0 aromatic rings. The maximum Gasteiger partial charge on any atom is 0.0610 e. The van der Waals surface area contributed by atoms with Crippen LogP contribution in [-0.2, 0) is 0 Å². The zero-order valence-corrected chi connectivity index (χ0v) is 14.0. The van der Waals surface area contributed by atoms with Crippen LogP contribution in [0.1, 0.15) is 60.8 Å². The smallest absolute Gasteiger partial charge is 0.0610 e.